The number of rotatable bonds is 3. The first kappa shape index (κ1) is 10.8. The van der Waals surface area contributed by atoms with Crippen molar-refractivity contribution in [3.05, 3.63) is 29.3 Å². The fraction of sp³-hybridized carbons (Fsp3) is 0.0909. The number of hydrogen-bond acceptors (Lipinski definition) is 4. The Kier molecular flexibility index (Phi) is 3.47. The minimum absolute atomic E-state index is 0.0688. The molecule has 0 heterocycles. The molecule has 1 aromatic carbocycles. The lowest BCUT2D eigenvalue weighted by molar-refractivity contribution is 0.112. The second kappa shape index (κ2) is 4.82. The van der Waals surface area contributed by atoms with Crippen LogP contribution in [-0.2, 0) is 0 Å². The summed E-state index contributed by atoms with van der Waals surface area (Å²) in [6.07, 6.45) is 3.32. The highest BCUT2D eigenvalue weighted by atomic mass is 16.5. The van der Waals surface area contributed by atoms with E-state index < -0.39 is 0 Å². The molecule has 0 aromatic heterocycles. The van der Waals surface area contributed by atoms with Crippen LogP contribution in [0.1, 0.15) is 15.9 Å². The number of nitrogens with zero attached hydrogens (tertiary/aromatic N) is 1. The highest BCUT2D eigenvalue weighted by Crippen LogP contribution is 2.29. The minimum Gasteiger partial charge on any atom is -0.504 e. The van der Waals surface area contributed by atoms with Gasteiger partial charge in [-0.1, -0.05) is 0 Å². The summed E-state index contributed by atoms with van der Waals surface area (Å²) in [4.78, 5) is 10.7. The largest absolute Gasteiger partial charge is 0.504 e. The third kappa shape index (κ3) is 2.35. The molecule has 0 amide bonds. The van der Waals surface area contributed by atoms with Crippen LogP contribution in [0.2, 0.25) is 0 Å². The number of aldehydes is 1. The predicted molar refractivity (Wildman–Crippen MR) is 54.7 cm³/mol. The van der Waals surface area contributed by atoms with E-state index in [0.717, 1.165) is 0 Å². The van der Waals surface area contributed by atoms with Gasteiger partial charge in [-0.05, 0) is 23.8 Å². The predicted octanol–water partition coefficient (Wildman–Crippen LogP) is 1.75. The number of ether oxygens (including phenoxy) is 1. The molecule has 0 fully saturated rings. The number of nitriles is 1. The van der Waals surface area contributed by atoms with Gasteiger partial charge >= 0.3 is 0 Å². The fourth-order valence-corrected chi connectivity index (χ4v) is 1.14. The van der Waals surface area contributed by atoms with Gasteiger partial charge in [-0.15, -0.1) is 0 Å². The Morgan fingerprint density at radius 2 is 2.20 bits per heavy atom. The van der Waals surface area contributed by atoms with E-state index in [1.165, 1.54) is 31.4 Å². The average Bonchev–Trinajstić information content (AvgIpc) is 2.26. The van der Waals surface area contributed by atoms with Gasteiger partial charge in [-0.3, -0.25) is 4.79 Å². The van der Waals surface area contributed by atoms with Crippen molar-refractivity contribution in [2.75, 3.05) is 7.11 Å². The van der Waals surface area contributed by atoms with Crippen LogP contribution in [0.5, 0.6) is 11.5 Å². The Balaban J connectivity index is 3.28. The first-order valence-corrected chi connectivity index (χ1v) is 4.15. The van der Waals surface area contributed by atoms with Gasteiger partial charge in [0, 0.05) is 11.6 Å². The van der Waals surface area contributed by atoms with Gasteiger partial charge in [0.15, 0.2) is 17.8 Å². The number of phenolic OH excluding ortho intramolecular Hbond substituents is 1. The van der Waals surface area contributed by atoms with Gasteiger partial charge in [-0.25, -0.2) is 0 Å². The maximum absolute atomic E-state index is 10.7. The van der Waals surface area contributed by atoms with Crippen LogP contribution < -0.4 is 4.74 Å². The van der Waals surface area contributed by atoms with Crippen molar-refractivity contribution in [1.82, 2.24) is 0 Å². The molecule has 4 heteroatoms. The second-order valence-corrected chi connectivity index (χ2v) is 2.73. The summed E-state index contributed by atoms with van der Waals surface area (Å²) in [7, 11) is 1.40. The number of allylic oxidation sites excluding steroid dienone is 1. The number of carbonyl (C=O) groups is 1. The zero-order chi connectivity index (χ0) is 11.3. The van der Waals surface area contributed by atoms with E-state index in [1.54, 1.807) is 6.07 Å². The standard InChI is InChI=1S/C11H9NO3/c1-15-11-6-9(7-13)8(3-2-4-12)5-10(11)14/h2-3,5-7,14H,1H3. The topological polar surface area (TPSA) is 70.3 Å². The average molecular weight is 203 g/mol. The first-order chi connectivity index (χ1) is 7.22. The number of benzene rings is 1. The Morgan fingerprint density at radius 3 is 2.73 bits per heavy atom. The number of methoxy groups -OCH3 is 1. The van der Waals surface area contributed by atoms with Crippen LogP contribution in [-0.4, -0.2) is 18.5 Å². The molecular formula is C11H9NO3. The van der Waals surface area contributed by atoms with Gasteiger partial charge in [0.05, 0.1) is 13.2 Å². The molecule has 1 rings (SSSR count). The Labute approximate surface area is 87.0 Å². The number of carbonyl (C=O) groups excluding carboxylic acids is 1. The number of hydrogen-bond donors (Lipinski definition) is 1. The Bertz CT molecular complexity index is 444. The molecule has 0 radical (unpaired) electrons. The molecule has 0 unspecified atom stereocenters. The van der Waals surface area contributed by atoms with Crippen LogP contribution in [0.3, 0.4) is 0 Å². The van der Waals surface area contributed by atoms with Crippen LogP contribution in [0.15, 0.2) is 18.2 Å². The molecule has 0 saturated carbocycles. The summed E-state index contributed by atoms with van der Waals surface area (Å²) in [5.74, 6) is 0.159. The van der Waals surface area contributed by atoms with Crippen molar-refractivity contribution < 1.29 is 14.6 Å². The highest BCUT2D eigenvalue weighted by Gasteiger charge is 2.06. The highest BCUT2D eigenvalue weighted by molar-refractivity contribution is 5.83. The summed E-state index contributed by atoms with van der Waals surface area (Å²) < 4.78 is 4.85. The second-order valence-electron chi connectivity index (χ2n) is 2.73. The monoisotopic (exact) mass is 203 g/mol. The van der Waals surface area contributed by atoms with Crippen molar-refractivity contribution >= 4 is 12.4 Å². The van der Waals surface area contributed by atoms with E-state index in [9.17, 15) is 9.90 Å². The van der Waals surface area contributed by atoms with Gasteiger partial charge in [0.25, 0.3) is 0 Å². The van der Waals surface area contributed by atoms with E-state index in [1.807, 2.05) is 0 Å². The Hall–Kier alpha value is -2.28. The lowest BCUT2D eigenvalue weighted by Gasteiger charge is -2.06. The minimum atomic E-state index is -0.0688. The quantitative estimate of drug-likeness (QED) is 0.600. The fourth-order valence-electron chi connectivity index (χ4n) is 1.14. The molecule has 0 bridgehead atoms. The summed E-state index contributed by atoms with van der Waals surface area (Å²) in [5.41, 5.74) is 0.834. The van der Waals surface area contributed by atoms with Crippen molar-refractivity contribution in [2.24, 2.45) is 0 Å². The summed E-state index contributed by atoms with van der Waals surface area (Å²) in [6.45, 7) is 0. The van der Waals surface area contributed by atoms with Gasteiger partial charge < -0.3 is 9.84 Å². The van der Waals surface area contributed by atoms with Gasteiger partial charge in [0.2, 0.25) is 0 Å². The number of aromatic hydroxyl groups is 1. The zero-order valence-electron chi connectivity index (χ0n) is 8.10. The first-order valence-electron chi connectivity index (χ1n) is 4.15. The number of phenols is 1. The third-order valence-electron chi connectivity index (χ3n) is 1.85. The van der Waals surface area contributed by atoms with E-state index >= 15 is 0 Å². The van der Waals surface area contributed by atoms with E-state index in [0.29, 0.717) is 17.4 Å². The van der Waals surface area contributed by atoms with Gasteiger partial charge in [-0.2, -0.15) is 5.26 Å². The van der Waals surface area contributed by atoms with Crippen molar-refractivity contribution in [1.29, 1.82) is 5.26 Å². The normalized spacial score (nSPS) is 9.87. The van der Waals surface area contributed by atoms with Crippen LogP contribution >= 0.6 is 0 Å². The maximum Gasteiger partial charge on any atom is 0.161 e. The van der Waals surface area contributed by atoms with Crippen LogP contribution in [0.25, 0.3) is 6.08 Å². The molecule has 0 saturated heterocycles. The van der Waals surface area contributed by atoms with Crippen molar-refractivity contribution in [2.45, 2.75) is 0 Å². The smallest absolute Gasteiger partial charge is 0.161 e. The summed E-state index contributed by atoms with van der Waals surface area (Å²) in [6, 6.07) is 4.59. The molecule has 0 aliphatic carbocycles. The van der Waals surface area contributed by atoms with Crippen molar-refractivity contribution in [3.8, 4) is 17.6 Å². The maximum atomic E-state index is 10.7. The van der Waals surface area contributed by atoms with Crippen molar-refractivity contribution in [3.63, 3.8) is 0 Å². The Morgan fingerprint density at radius 1 is 1.47 bits per heavy atom. The molecule has 1 N–H and O–H groups in total. The van der Waals surface area contributed by atoms with Crippen LogP contribution in [0, 0.1) is 11.3 Å². The molecular weight excluding hydrogens is 194 g/mol. The SMILES string of the molecule is COc1cc(C=O)c(C=CC#N)cc1O. The lowest BCUT2D eigenvalue weighted by atomic mass is 10.1. The molecule has 0 aliphatic rings. The molecule has 0 aliphatic heterocycles. The third-order valence-corrected chi connectivity index (χ3v) is 1.85. The molecule has 0 atom stereocenters. The molecule has 1 aromatic rings. The van der Waals surface area contributed by atoms with E-state index in [4.69, 9.17) is 10.00 Å². The van der Waals surface area contributed by atoms with Gasteiger partial charge in [0.1, 0.15) is 0 Å². The molecule has 15 heavy (non-hydrogen) atoms. The lowest BCUT2D eigenvalue weighted by Crippen LogP contribution is -1.90. The summed E-state index contributed by atoms with van der Waals surface area (Å²) in [5, 5.41) is 17.8. The summed E-state index contributed by atoms with van der Waals surface area (Å²) >= 11 is 0. The molecule has 76 valence electrons. The van der Waals surface area contributed by atoms with E-state index in [-0.39, 0.29) is 11.5 Å². The molecule has 0 spiro atoms. The van der Waals surface area contributed by atoms with Crippen LogP contribution in [0.4, 0.5) is 0 Å². The van der Waals surface area contributed by atoms with E-state index in [2.05, 4.69) is 0 Å². The zero-order valence-corrected chi connectivity index (χ0v) is 8.10. The molecule has 4 nitrogen and oxygen atoms in total.